The Labute approximate surface area is 203 Å². The first-order valence-electron chi connectivity index (χ1n) is 10.3. The number of aromatic nitrogens is 1. The van der Waals surface area contributed by atoms with E-state index in [4.69, 9.17) is 37.9 Å². The Morgan fingerprint density at radius 2 is 1.91 bits per heavy atom. The maximum atomic E-state index is 13.0. The van der Waals surface area contributed by atoms with Gasteiger partial charge in [-0.2, -0.15) is 5.26 Å². The minimum Gasteiger partial charge on any atom is -0.493 e. The van der Waals surface area contributed by atoms with E-state index >= 15 is 0 Å². The highest BCUT2D eigenvalue weighted by Crippen LogP contribution is 2.28. The Morgan fingerprint density at radius 1 is 1.06 bits per heavy atom. The summed E-state index contributed by atoms with van der Waals surface area (Å²) >= 11 is 12.2. The van der Waals surface area contributed by atoms with Gasteiger partial charge in [0.15, 0.2) is 11.5 Å². The van der Waals surface area contributed by atoms with E-state index in [1.165, 1.54) is 7.11 Å². The van der Waals surface area contributed by atoms with Crippen LogP contribution in [0.3, 0.4) is 0 Å². The van der Waals surface area contributed by atoms with Crippen LogP contribution in [0.15, 0.2) is 60.8 Å². The lowest BCUT2D eigenvalue weighted by atomic mass is 10.2. The van der Waals surface area contributed by atoms with Crippen molar-refractivity contribution in [2.75, 3.05) is 13.7 Å². The van der Waals surface area contributed by atoms with E-state index in [9.17, 15) is 4.79 Å². The van der Waals surface area contributed by atoms with Gasteiger partial charge in [0.25, 0.3) is 0 Å². The zero-order valence-electron chi connectivity index (χ0n) is 18.1. The van der Waals surface area contributed by atoms with Gasteiger partial charge in [-0.3, -0.25) is 9.78 Å². The molecule has 6 nitrogen and oxygen atoms in total. The van der Waals surface area contributed by atoms with Gasteiger partial charge in [0.2, 0.25) is 5.91 Å². The van der Waals surface area contributed by atoms with Gasteiger partial charge in [0.1, 0.15) is 0 Å². The second-order valence-electron chi connectivity index (χ2n) is 7.25. The molecule has 1 heterocycles. The van der Waals surface area contributed by atoms with Crippen LogP contribution in [0.1, 0.15) is 29.7 Å². The summed E-state index contributed by atoms with van der Waals surface area (Å²) in [6.07, 6.45) is 2.52. The number of hydrogen-bond acceptors (Lipinski definition) is 5. The lowest BCUT2D eigenvalue weighted by Crippen LogP contribution is -2.30. The first kappa shape index (κ1) is 24.4. The zero-order valence-corrected chi connectivity index (χ0v) is 19.6. The lowest BCUT2D eigenvalue weighted by Gasteiger charge is -2.23. The first-order chi connectivity index (χ1) is 16.0. The predicted molar refractivity (Wildman–Crippen MR) is 127 cm³/mol. The molecule has 1 amide bonds. The maximum Gasteiger partial charge on any atom is 0.223 e. The molecule has 0 radical (unpaired) electrons. The summed E-state index contributed by atoms with van der Waals surface area (Å²) in [5.41, 5.74) is 2.17. The molecule has 8 heteroatoms. The quantitative estimate of drug-likeness (QED) is 0.348. The molecule has 0 unspecified atom stereocenters. The number of carbonyl (C=O) groups is 1. The van der Waals surface area contributed by atoms with Gasteiger partial charge in [-0.05, 0) is 48.4 Å². The number of carbonyl (C=O) groups excluding carboxylic acids is 1. The predicted octanol–water partition coefficient (Wildman–Crippen LogP) is 5.66. The van der Waals surface area contributed by atoms with E-state index in [0.717, 1.165) is 11.3 Å². The number of halogens is 2. The van der Waals surface area contributed by atoms with Crippen molar-refractivity contribution in [2.24, 2.45) is 0 Å². The van der Waals surface area contributed by atoms with Crippen molar-refractivity contribution in [3.05, 3.63) is 87.7 Å². The molecule has 0 aliphatic rings. The van der Waals surface area contributed by atoms with Crippen molar-refractivity contribution in [1.29, 1.82) is 5.26 Å². The monoisotopic (exact) mass is 483 g/mol. The van der Waals surface area contributed by atoms with Crippen molar-refractivity contribution in [1.82, 2.24) is 9.88 Å². The van der Waals surface area contributed by atoms with Gasteiger partial charge in [-0.1, -0.05) is 35.3 Å². The summed E-state index contributed by atoms with van der Waals surface area (Å²) in [5, 5.41) is 9.93. The van der Waals surface area contributed by atoms with Gasteiger partial charge >= 0.3 is 0 Å². The summed E-state index contributed by atoms with van der Waals surface area (Å²) in [4.78, 5) is 19.1. The second kappa shape index (κ2) is 12.1. The fourth-order valence-corrected chi connectivity index (χ4v) is 3.52. The SMILES string of the molecule is COc1cc(C#N)ccc1OCCCC(=O)N(Cc1ccc(Cl)c(Cl)c1)Cc1ccccn1. The summed E-state index contributed by atoms with van der Waals surface area (Å²) in [6.45, 7) is 1.10. The molecule has 0 bridgehead atoms. The molecule has 0 atom stereocenters. The van der Waals surface area contributed by atoms with Gasteiger partial charge in [-0.15, -0.1) is 0 Å². The molecule has 2 aromatic carbocycles. The molecule has 0 N–H and O–H groups in total. The fraction of sp³-hybridized carbons (Fsp3) is 0.240. The Bertz CT molecular complexity index is 1130. The summed E-state index contributed by atoms with van der Waals surface area (Å²) in [6, 6.07) is 18.0. The zero-order chi connectivity index (χ0) is 23.6. The maximum absolute atomic E-state index is 13.0. The van der Waals surface area contributed by atoms with E-state index in [1.54, 1.807) is 41.4 Å². The van der Waals surface area contributed by atoms with Gasteiger partial charge in [0.05, 0.1) is 47.6 Å². The Balaban J connectivity index is 1.62. The van der Waals surface area contributed by atoms with Crippen molar-refractivity contribution in [3.8, 4) is 17.6 Å². The Morgan fingerprint density at radius 3 is 2.61 bits per heavy atom. The minimum absolute atomic E-state index is 0.0258. The number of ether oxygens (including phenoxy) is 2. The average Bonchev–Trinajstić information content (AvgIpc) is 2.84. The number of methoxy groups -OCH3 is 1. The topological polar surface area (TPSA) is 75.5 Å². The Hall–Kier alpha value is -3.27. The van der Waals surface area contributed by atoms with E-state index in [-0.39, 0.29) is 5.91 Å². The normalized spacial score (nSPS) is 10.4. The van der Waals surface area contributed by atoms with Crippen LogP contribution in [-0.4, -0.2) is 29.5 Å². The van der Waals surface area contributed by atoms with Crippen molar-refractivity contribution < 1.29 is 14.3 Å². The van der Waals surface area contributed by atoms with Gasteiger partial charge < -0.3 is 14.4 Å². The molecule has 33 heavy (non-hydrogen) atoms. The van der Waals surface area contributed by atoms with Crippen molar-refractivity contribution in [3.63, 3.8) is 0 Å². The van der Waals surface area contributed by atoms with E-state index < -0.39 is 0 Å². The lowest BCUT2D eigenvalue weighted by molar-refractivity contribution is -0.132. The number of rotatable bonds is 10. The standard InChI is InChI=1S/C25H23Cl2N3O3/c1-32-24-14-18(15-28)8-10-23(24)33-12-4-6-25(31)30(17-20-5-2-3-11-29-20)16-19-7-9-21(26)22(27)13-19/h2-3,5,7-11,13-14H,4,6,12,16-17H2,1H3. The number of hydrogen-bond donors (Lipinski definition) is 0. The highest BCUT2D eigenvalue weighted by Gasteiger charge is 2.16. The second-order valence-corrected chi connectivity index (χ2v) is 8.06. The van der Waals surface area contributed by atoms with Crippen LogP contribution < -0.4 is 9.47 Å². The smallest absolute Gasteiger partial charge is 0.223 e. The molecular formula is C25H23Cl2N3O3. The van der Waals surface area contributed by atoms with Crippen LogP contribution in [0.5, 0.6) is 11.5 Å². The molecule has 0 spiro atoms. The molecule has 0 saturated heterocycles. The van der Waals surface area contributed by atoms with Crippen molar-refractivity contribution in [2.45, 2.75) is 25.9 Å². The third-order valence-electron chi connectivity index (χ3n) is 4.87. The summed E-state index contributed by atoms with van der Waals surface area (Å²) < 4.78 is 11.1. The average molecular weight is 484 g/mol. The van der Waals surface area contributed by atoms with Crippen LogP contribution >= 0.6 is 23.2 Å². The molecule has 3 aromatic rings. The molecule has 3 rings (SSSR count). The molecule has 0 fully saturated rings. The highest BCUT2D eigenvalue weighted by atomic mass is 35.5. The Kier molecular flexibility index (Phi) is 8.94. The van der Waals surface area contributed by atoms with E-state index in [1.807, 2.05) is 24.3 Å². The van der Waals surface area contributed by atoms with Crippen LogP contribution in [0.2, 0.25) is 10.0 Å². The molecule has 0 aliphatic heterocycles. The molecule has 170 valence electrons. The molecule has 1 aromatic heterocycles. The van der Waals surface area contributed by atoms with Crippen LogP contribution in [0.4, 0.5) is 0 Å². The summed E-state index contributed by atoms with van der Waals surface area (Å²) in [7, 11) is 1.52. The largest absolute Gasteiger partial charge is 0.493 e. The van der Waals surface area contributed by atoms with E-state index in [2.05, 4.69) is 11.1 Å². The molecular weight excluding hydrogens is 461 g/mol. The van der Waals surface area contributed by atoms with Gasteiger partial charge in [-0.25, -0.2) is 0 Å². The third kappa shape index (κ3) is 7.11. The number of benzene rings is 2. The number of pyridine rings is 1. The molecule has 0 saturated carbocycles. The van der Waals surface area contributed by atoms with E-state index in [0.29, 0.717) is 59.6 Å². The number of nitriles is 1. The van der Waals surface area contributed by atoms with Crippen LogP contribution in [0.25, 0.3) is 0 Å². The first-order valence-corrected chi connectivity index (χ1v) is 11.1. The number of nitrogens with zero attached hydrogens (tertiary/aromatic N) is 3. The summed E-state index contributed by atoms with van der Waals surface area (Å²) in [5.74, 6) is 0.990. The molecule has 0 aliphatic carbocycles. The number of amides is 1. The fourth-order valence-electron chi connectivity index (χ4n) is 3.20. The third-order valence-corrected chi connectivity index (χ3v) is 5.61. The highest BCUT2D eigenvalue weighted by molar-refractivity contribution is 6.42. The van der Waals surface area contributed by atoms with Crippen molar-refractivity contribution >= 4 is 29.1 Å². The van der Waals surface area contributed by atoms with Gasteiger partial charge in [0, 0.05) is 25.2 Å². The van der Waals surface area contributed by atoms with Crippen LogP contribution in [0, 0.1) is 11.3 Å². The minimum atomic E-state index is -0.0258. The van der Waals surface area contributed by atoms with Crippen LogP contribution in [-0.2, 0) is 17.9 Å².